The van der Waals surface area contributed by atoms with Gasteiger partial charge in [0.05, 0.1) is 6.54 Å². The zero-order valence-corrected chi connectivity index (χ0v) is 8.89. The molecule has 0 unspecified atom stereocenters. The highest BCUT2D eigenvalue weighted by Crippen LogP contribution is 1.82. The molecular formula is C9H21N3O. The van der Waals surface area contributed by atoms with Gasteiger partial charge in [-0.3, -0.25) is 4.79 Å². The maximum absolute atomic E-state index is 11.4. The Balaban J connectivity index is 3.45. The number of hydrogen-bond acceptors (Lipinski definition) is 3. The second kappa shape index (κ2) is 8.01. The number of carbonyl (C=O) groups excluding carboxylic acids is 1. The van der Waals surface area contributed by atoms with Crippen LogP contribution in [-0.2, 0) is 4.79 Å². The molecule has 0 aliphatic heterocycles. The maximum atomic E-state index is 11.4. The topological polar surface area (TPSA) is 44.4 Å². The van der Waals surface area contributed by atoms with E-state index in [0.717, 1.165) is 26.1 Å². The van der Waals surface area contributed by atoms with E-state index < -0.39 is 0 Å². The highest BCUT2D eigenvalue weighted by Gasteiger charge is 2.05. The Labute approximate surface area is 80.7 Å². The van der Waals surface area contributed by atoms with E-state index in [9.17, 15) is 4.79 Å². The van der Waals surface area contributed by atoms with Gasteiger partial charge in [0, 0.05) is 20.1 Å². The van der Waals surface area contributed by atoms with Crippen LogP contribution in [-0.4, -0.2) is 51.1 Å². The van der Waals surface area contributed by atoms with Gasteiger partial charge in [-0.2, -0.15) is 0 Å². The number of carbonyl (C=O) groups is 1. The molecule has 0 bridgehead atoms. The molecule has 0 atom stereocenters. The predicted octanol–water partition coefficient (Wildman–Crippen LogP) is -0.336. The minimum atomic E-state index is 0.156. The van der Waals surface area contributed by atoms with Crippen molar-refractivity contribution < 1.29 is 4.79 Å². The summed E-state index contributed by atoms with van der Waals surface area (Å²) in [6.07, 6.45) is 1.06. The summed E-state index contributed by atoms with van der Waals surface area (Å²) in [5.41, 5.74) is 0. The minimum Gasteiger partial charge on any atom is -0.343 e. The molecule has 0 radical (unpaired) electrons. The number of rotatable bonds is 7. The average Bonchev–Trinajstić information content (AvgIpc) is 2.14. The van der Waals surface area contributed by atoms with Gasteiger partial charge in [0.1, 0.15) is 0 Å². The van der Waals surface area contributed by atoms with Crippen molar-refractivity contribution in [1.29, 1.82) is 0 Å². The Bertz CT molecular complexity index is 139. The van der Waals surface area contributed by atoms with Crippen molar-refractivity contribution in [2.45, 2.75) is 13.3 Å². The maximum Gasteiger partial charge on any atom is 0.236 e. The molecule has 0 aliphatic rings. The molecule has 0 saturated heterocycles. The predicted molar refractivity (Wildman–Crippen MR) is 54.7 cm³/mol. The van der Waals surface area contributed by atoms with Gasteiger partial charge in [0.25, 0.3) is 0 Å². The molecule has 0 rings (SSSR count). The van der Waals surface area contributed by atoms with E-state index in [1.54, 1.807) is 4.90 Å². The summed E-state index contributed by atoms with van der Waals surface area (Å²) >= 11 is 0. The van der Waals surface area contributed by atoms with Gasteiger partial charge < -0.3 is 15.5 Å². The molecule has 4 heteroatoms. The van der Waals surface area contributed by atoms with Crippen LogP contribution < -0.4 is 10.6 Å². The number of nitrogens with zero attached hydrogens (tertiary/aromatic N) is 1. The molecule has 0 spiro atoms. The molecule has 2 N–H and O–H groups in total. The highest BCUT2D eigenvalue weighted by atomic mass is 16.2. The molecule has 0 saturated carbocycles. The van der Waals surface area contributed by atoms with Crippen LogP contribution in [0, 0.1) is 0 Å². The number of nitrogens with one attached hydrogen (secondary N) is 2. The molecule has 0 fully saturated rings. The molecule has 4 nitrogen and oxygen atoms in total. The smallest absolute Gasteiger partial charge is 0.236 e. The molecule has 0 aromatic rings. The van der Waals surface area contributed by atoms with Gasteiger partial charge in [-0.1, -0.05) is 6.92 Å². The Morgan fingerprint density at radius 2 is 2.08 bits per heavy atom. The van der Waals surface area contributed by atoms with Crippen molar-refractivity contribution in [2.24, 2.45) is 0 Å². The zero-order valence-electron chi connectivity index (χ0n) is 8.89. The zero-order chi connectivity index (χ0) is 10.1. The van der Waals surface area contributed by atoms with Crippen LogP contribution in [0.3, 0.4) is 0 Å². The van der Waals surface area contributed by atoms with Crippen molar-refractivity contribution >= 4 is 5.91 Å². The summed E-state index contributed by atoms with van der Waals surface area (Å²) in [6, 6.07) is 0. The Morgan fingerprint density at radius 1 is 1.38 bits per heavy atom. The van der Waals surface area contributed by atoms with E-state index in [-0.39, 0.29) is 5.91 Å². The van der Waals surface area contributed by atoms with E-state index in [4.69, 9.17) is 0 Å². The van der Waals surface area contributed by atoms with Crippen LogP contribution in [0.25, 0.3) is 0 Å². The van der Waals surface area contributed by atoms with E-state index in [0.29, 0.717) is 6.54 Å². The van der Waals surface area contributed by atoms with Gasteiger partial charge >= 0.3 is 0 Å². The third-order valence-corrected chi connectivity index (χ3v) is 1.83. The lowest BCUT2D eigenvalue weighted by Gasteiger charge is -2.16. The fourth-order valence-electron chi connectivity index (χ4n) is 0.911. The van der Waals surface area contributed by atoms with Crippen molar-refractivity contribution in [3.63, 3.8) is 0 Å². The Morgan fingerprint density at radius 3 is 2.62 bits per heavy atom. The molecule has 0 aromatic heterocycles. The third kappa shape index (κ3) is 6.54. The van der Waals surface area contributed by atoms with E-state index in [1.807, 2.05) is 14.1 Å². The monoisotopic (exact) mass is 187 g/mol. The Hall–Kier alpha value is -0.610. The fraction of sp³-hybridized carbons (Fsp3) is 0.889. The van der Waals surface area contributed by atoms with Gasteiger partial charge in [0.15, 0.2) is 0 Å². The molecule has 0 aromatic carbocycles. The molecule has 1 amide bonds. The quantitative estimate of drug-likeness (QED) is 0.536. The normalized spacial score (nSPS) is 10.1. The van der Waals surface area contributed by atoms with Crippen LogP contribution in [0.4, 0.5) is 0 Å². The summed E-state index contributed by atoms with van der Waals surface area (Å²) < 4.78 is 0. The van der Waals surface area contributed by atoms with Crippen LogP contribution >= 0.6 is 0 Å². The summed E-state index contributed by atoms with van der Waals surface area (Å²) in [5.74, 6) is 0.156. The van der Waals surface area contributed by atoms with Gasteiger partial charge in [0.2, 0.25) is 5.91 Å². The molecule has 0 heterocycles. The summed E-state index contributed by atoms with van der Waals surface area (Å²) in [5, 5.41) is 6.09. The largest absolute Gasteiger partial charge is 0.343 e. The van der Waals surface area contributed by atoms with Gasteiger partial charge in [-0.05, 0) is 20.0 Å². The summed E-state index contributed by atoms with van der Waals surface area (Å²) in [4.78, 5) is 13.1. The second-order valence-corrected chi connectivity index (χ2v) is 3.10. The fourth-order valence-corrected chi connectivity index (χ4v) is 0.911. The lowest BCUT2D eigenvalue weighted by molar-refractivity contribution is -0.128. The van der Waals surface area contributed by atoms with Crippen molar-refractivity contribution in [1.82, 2.24) is 15.5 Å². The molecule has 0 aliphatic carbocycles. The van der Waals surface area contributed by atoms with Crippen LogP contribution in [0.5, 0.6) is 0 Å². The van der Waals surface area contributed by atoms with Gasteiger partial charge in [-0.25, -0.2) is 0 Å². The second-order valence-electron chi connectivity index (χ2n) is 3.10. The number of likely N-dealkylation sites (N-methyl/N-ethyl adjacent to an activating group) is 2. The van der Waals surface area contributed by atoms with Crippen molar-refractivity contribution in [2.75, 3.05) is 40.3 Å². The van der Waals surface area contributed by atoms with Crippen LogP contribution in [0.2, 0.25) is 0 Å². The first-order valence-corrected chi connectivity index (χ1v) is 4.81. The van der Waals surface area contributed by atoms with Gasteiger partial charge in [-0.15, -0.1) is 0 Å². The first-order chi connectivity index (χ1) is 6.22. The Kier molecular flexibility index (Phi) is 7.63. The molecule has 13 heavy (non-hydrogen) atoms. The van der Waals surface area contributed by atoms with E-state index in [1.165, 1.54) is 0 Å². The summed E-state index contributed by atoms with van der Waals surface area (Å²) in [6.45, 7) is 5.06. The average molecular weight is 187 g/mol. The first kappa shape index (κ1) is 12.4. The molecule has 78 valence electrons. The van der Waals surface area contributed by atoms with Crippen molar-refractivity contribution in [3.05, 3.63) is 0 Å². The number of hydrogen-bond donors (Lipinski definition) is 2. The summed E-state index contributed by atoms with van der Waals surface area (Å²) in [7, 11) is 3.71. The standard InChI is InChI=1S/C9H21N3O/c1-4-5-11-8-9(13)12(3)7-6-10-2/h10-11H,4-8H2,1-3H3. The molecular weight excluding hydrogens is 166 g/mol. The lowest BCUT2D eigenvalue weighted by Crippen LogP contribution is -2.38. The lowest BCUT2D eigenvalue weighted by atomic mass is 10.4. The number of amides is 1. The van der Waals surface area contributed by atoms with Crippen LogP contribution in [0.1, 0.15) is 13.3 Å². The highest BCUT2D eigenvalue weighted by molar-refractivity contribution is 5.77. The SMILES string of the molecule is CCCNCC(=O)N(C)CCNC. The first-order valence-electron chi connectivity index (χ1n) is 4.81. The van der Waals surface area contributed by atoms with Crippen molar-refractivity contribution in [3.8, 4) is 0 Å². The van der Waals surface area contributed by atoms with Crippen LogP contribution in [0.15, 0.2) is 0 Å². The minimum absolute atomic E-state index is 0.156. The van der Waals surface area contributed by atoms with E-state index in [2.05, 4.69) is 17.6 Å². The third-order valence-electron chi connectivity index (χ3n) is 1.83. The van der Waals surface area contributed by atoms with E-state index >= 15 is 0 Å².